The summed E-state index contributed by atoms with van der Waals surface area (Å²) in [6.07, 6.45) is 5.01. The van der Waals surface area contributed by atoms with Gasteiger partial charge in [0.15, 0.2) is 5.96 Å². The van der Waals surface area contributed by atoms with Gasteiger partial charge in [-0.2, -0.15) is 0 Å². The smallest absolute Gasteiger partial charge is 0.241 e. The largest absolute Gasteiger partial charge is 0.347 e. The second-order valence-electron chi connectivity index (χ2n) is 7.52. The van der Waals surface area contributed by atoms with E-state index in [0.717, 1.165) is 43.0 Å². The van der Waals surface area contributed by atoms with Gasteiger partial charge in [0, 0.05) is 52.0 Å². The Morgan fingerprint density at radius 3 is 2.92 bits per heavy atom. The number of hydrogen-bond acceptors (Lipinski definition) is 3. The average Bonchev–Trinajstić information content (AvgIpc) is 3.08. The highest BCUT2D eigenvalue weighted by Crippen LogP contribution is 2.23. The first-order chi connectivity index (χ1) is 12.5. The number of carbonyl (C=O) groups is 1. The Kier molecular flexibility index (Phi) is 7.88. The Bertz CT molecular complexity index is 587. The second-order valence-corrected chi connectivity index (χ2v) is 7.52. The molecule has 0 aromatic carbocycles. The lowest BCUT2D eigenvalue weighted by molar-refractivity contribution is -0.128. The predicted octanol–water partition coefficient (Wildman–Crippen LogP) is 2.03. The Morgan fingerprint density at radius 2 is 2.27 bits per heavy atom. The third-order valence-electron chi connectivity index (χ3n) is 4.85. The lowest BCUT2D eigenvalue weighted by Crippen LogP contribution is -2.45. The normalized spacial score (nSPS) is 17.7. The molecule has 1 unspecified atom stereocenters. The van der Waals surface area contributed by atoms with Crippen molar-refractivity contribution in [3.63, 3.8) is 0 Å². The van der Waals surface area contributed by atoms with Gasteiger partial charge in [-0.25, -0.2) is 0 Å². The zero-order valence-electron chi connectivity index (χ0n) is 16.6. The van der Waals surface area contributed by atoms with E-state index >= 15 is 0 Å². The molecule has 144 valence electrons. The molecule has 1 aromatic rings. The molecular weight excluding hydrogens is 326 g/mol. The first-order valence-electron chi connectivity index (χ1n) is 9.59. The highest BCUT2D eigenvalue weighted by molar-refractivity contribution is 5.86. The topological polar surface area (TPSA) is 60.8 Å². The van der Waals surface area contributed by atoms with Gasteiger partial charge >= 0.3 is 0 Å². The zero-order chi connectivity index (χ0) is 18.9. The molecule has 0 aliphatic carbocycles. The molecule has 26 heavy (non-hydrogen) atoms. The number of carbonyl (C=O) groups excluding carboxylic acids is 1. The lowest BCUT2D eigenvalue weighted by Gasteiger charge is -2.23. The molecule has 2 heterocycles. The van der Waals surface area contributed by atoms with E-state index in [4.69, 9.17) is 0 Å². The van der Waals surface area contributed by atoms with Crippen LogP contribution in [0.4, 0.5) is 0 Å². The number of rotatable bonds is 7. The number of likely N-dealkylation sites (N-methyl/N-ethyl adjacent to an activating group) is 1. The van der Waals surface area contributed by atoms with Crippen LogP contribution in [0, 0.1) is 11.8 Å². The minimum atomic E-state index is 0.0695. The third-order valence-corrected chi connectivity index (χ3v) is 4.85. The molecule has 0 bridgehead atoms. The van der Waals surface area contributed by atoms with Crippen molar-refractivity contribution >= 4 is 11.9 Å². The van der Waals surface area contributed by atoms with Gasteiger partial charge in [-0.1, -0.05) is 19.9 Å². The summed E-state index contributed by atoms with van der Waals surface area (Å²) in [5.41, 5.74) is 1.00. The van der Waals surface area contributed by atoms with Crippen LogP contribution in [0.1, 0.15) is 32.4 Å². The molecule has 1 fully saturated rings. The molecular formula is C20H33N5O. The second kappa shape index (κ2) is 10.1. The van der Waals surface area contributed by atoms with Crippen molar-refractivity contribution in [3.8, 4) is 0 Å². The number of likely N-dealkylation sites (tertiary alicyclic amines) is 1. The SMILES string of the molecule is CN=C(NCC(=O)N(C)CCc1ccccn1)N1CCC(CC(C)C)C1. The van der Waals surface area contributed by atoms with E-state index < -0.39 is 0 Å². The van der Waals surface area contributed by atoms with Gasteiger partial charge in [0.1, 0.15) is 0 Å². The predicted molar refractivity (Wildman–Crippen MR) is 106 cm³/mol. The Labute approximate surface area is 157 Å². The Balaban J connectivity index is 1.74. The van der Waals surface area contributed by atoms with Gasteiger partial charge in [-0.05, 0) is 36.8 Å². The molecule has 0 spiro atoms. The van der Waals surface area contributed by atoms with Gasteiger partial charge in [0.05, 0.1) is 6.54 Å². The van der Waals surface area contributed by atoms with Gasteiger partial charge < -0.3 is 15.1 Å². The maximum atomic E-state index is 12.4. The van der Waals surface area contributed by atoms with Crippen LogP contribution in [0.3, 0.4) is 0 Å². The van der Waals surface area contributed by atoms with Crippen molar-refractivity contribution in [2.24, 2.45) is 16.8 Å². The maximum Gasteiger partial charge on any atom is 0.241 e. The number of pyridine rings is 1. The van der Waals surface area contributed by atoms with E-state index in [1.54, 1.807) is 18.1 Å². The number of amides is 1. The van der Waals surface area contributed by atoms with E-state index in [1.165, 1.54) is 12.8 Å². The van der Waals surface area contributed by atoms with Crippen LogP contribution in [0.25, 0.3) is 0 Å². The van der Waals surface area contributed by atoms with E-state index in [0.29, 0.717) is 6.54 Å². The zero-order valence-corrected chi connectivity index (χ0v) is 16.6. The molecule has 0 saturated carbocycles. The summed E-state index contributed by atoms with van der Waals surface area (Å²) < 4.78 is 0. The summed E-state index contributed by atoms with van der Waals surface area (Å²) in [6, 6.07) is 5.86. The summed E-state index contributed by atoms with van der Waals surface area (Å²) in [5, 5.41) is 3.23. The molecule has 1 atom stereocenters. The van der Waals surface area contributed by atoms with Crippen molar-refractivity contribution in [2.75, 3.05) is 40.3 Å². The Hall–Kier alpha value is -2.11. The van der Waals surface area contributed by atoms with E-state index in [9.17, 15) is 4.79 Å². The Morgan fingerprint density at radius 1 is 1.46 bits per heavy atom. The highest BCUT2D eigenvalue weighted by atomic mass is 16.2. The number of nitrogens with one attached hydrogen (secondary N) is 1. The molecule has 1 amide bonds. The van der Waals surface area contributed by atoms with Crippen molar-refractivity contribution in [1.29, 1.82) is 0 Å². The van der Waals surface area contributed by atoms with Crippen LogP contribution >= 0.6 is 0 Å². The fourth-order valence-corrected chi connectivity index (χ4v) is 3.46. The molecule has 1 aromatic heterocycles. The van der Waals surface area contributed by atoms with Crippen molar-refractivity contribution in [2.45, 2.75) is 33.1 Å². The molecule has 6 heteroatoms. The van der Waals surface area contributed by atoms with Crippen LogP contribution in [0.2, 0.25) is 0 Å². The number of hydrogen-bond donors (Lipinski definition) is 1. The minimum Gasteiger partial charge on any atom is -0.347 e. The number of aromatic nitrogens is 1. The molecule has 2 rings (SSSR count). The van der Waals surface area contributed by atoms with Crippen molar-refractivity contribution in [1.82, 2.24) is 20.1 Å². The van der Waals surface area contributed by atoms with Crippen molar-refractivity contribution in [3.05, 3.63) is 30.1 Å². The molecule has 1 saturated heterocycles. The van der Waals surface area contributed by atoms with Crippen LogP contribution < -0.4 is 5.32 Å². The summed E-state index contributed by atoms with van der Waals surface area (Å²) >= 11 is 0. The monoisotopic (exact) mass is 359 g/mol. The number of nitrogens with zero attached hydrogens (tertiary/aromatic N) is 4. The molecule has 1 aliphatic heterocycles. The summed E-state index contributed by atoms with van der Waals surface area (Å²) in [7, 11) is 3.62. The molecule has 1 aliphatic rings. The molecule has 1 N–H and O–H groups in total. The third kappa shape index (κ3) is 6.32. The fraction of sp³-hybridized carbons (Fsp3) is 0.650. The summed E-state index contributed by atoms with van der Waals surface area (Å²) in [6.45, 7) is 7.53. The van der Waals surface area contributed by atoms with Crippen LogP contribution in [-0.2, 0) is 11.2 Å². The van der Waals surface area contributed by atoms with Crippen molar-refractivity contribution < 1.29 is 4.79 Å². The van der Waals surface area contributed by atoms with Gasteiger partial charge in [-0.15, -0.1) is 0 Å². The minimum absolute atomic E-state index is 0.0695. The summed E-state index contributed by atoms with van der Waals surface area (Å²) in [5.74, 6) is 2.36. The van der Waals surface area contributed by atoms with E-state index in [-0.39, 0.29) is 12.5 Å². The first-order valence-corrected chi connectivity index (χ1v) is 9.59. The fourth-order valence-electron chi connectivity index (χ4n) is 3.46. The standard InChI is InChI=1S/C20H33N5O/c1-16(2)13-17-8-12-25(15-17)20(21-3)23-14-19(26)24(4)11-9-18-7-5-6-10-22-18/h5-7,10,16-17H,8-9,11-15H2,1-4H3,(H,21,23). The van der Waals surface area contributed by atoms with Crippen LogP contribution in [-0.4, -0.2) is 66.9 Å². The van der Waals surface area contributed by atoms with Gasteiger partial charge in [0.2, 0.25) is 5.91 Å². The van der Waals surface area contributed by atoms with E-state index in [1.807, 2.05) is 25.2 Å². The lowest BCUT2D eigenvalue weighted by atomic mass is 9.97. The quantitative estimate of drug-likeness (QED) is 0.598. The molecule has 6 nitrogen and oxygen atoms in total. The van der Waals surface area contributed by atoms with Crippen LogP contribution in [0.5, 0.6) is 0 Å². The molecule has 0 radical (unpaired) electrons. The maximum absolute atomic E-state index is 12.4. The summed E-state index contributed by atoms with van der Waals surface area (Å²) in [4.78, 5) is 25.1. The van der Waals surface area contributed by atoms with Gasteiger partial charge in [0.25, 0.3) is 0 Å². The number of aliphatic imine (C=N–C) groups is 1. The average molecular weight is 360 g/mol. The van der Waals surface area contributed by atoms with E-state index in [2.05, 4.69) is 34.0 Å². The van der Waals surface area contributed by atoms with Gasteiger partial charge in [-0.3, -0.25) is 14.8 Å². The van der Waals surface area contributed by atoms with Crippen LogP contribution in [0.15, 0.2) is 29.4 Å². The number of guanidine groups is 1. The first kappa shape index (κ1) is 20.2. The highest BCUT2D eigenvalue weighted by Gasteiger charge is 2.25.